The Bertz CT molecular complexity index is 1310. The largest absolute Gasteiger partial charge is 0.868 e. The van der Waals surface area contributed by atoms with Gasteiger partial charge in [0.15, 0.2) is 0 Å². The predicted octanol–water partition coefficient (Wildman–Crippen LogP) is 2.28. The van der Waals surface area contributed by atoms with Crippen LogP contribution in [0.25, 0.3) is 10.2 Å². The number of nitro groups is 1. The fraction of sp³-hybridized carbons (Fsp3) is 0.333. The topological polar surface area (TPSA) is 143 Å². The Kier molecular flexibility index (Phi) is 5.74. The van der Waals surface area contributed by atoms with Crippen molar-refractivity contribution >= 4 is 39.4 Å². The third-order valence-corrected chi connectivity index (χ3v) is 6.77. The van der Waals surface area contributed by atoms with Gasteiger partial charge >= 0.3 is 0 Å². The van der Waals surface area contributed by atoms with Gasteiger partial charge in [-0.05, 0) is 43.4 Å². The van der Waals surface area contributed by atoms with Gasteiger partial charge in [-0.2, -0.15) is 5.10 Å². The van der Waals surface area contributed by atoms with Crippen LogP contribution in [0, 0.1) is 16.0 Å². The van der Waals surface area contributed by atoms with E-state index in [2.05, 4.69) is 22.4 Å². The van der Waals surface area contributed by atoms with E-state index in [0.717, 1.165) is 37.0 Å². The number of amides is 1. The lowest BCUT2D eigenvalue weighted by Crippen LogP contribution is -2.34. The van der Waals surface area contributed by atoms with Crippen molar-refractivity contribution in [2.24, 2.45) is 11.0 Å². The molecule has 0 fully saturated rings. The second-order valence-electron chi connectivity index (χ2n) is 7.88. The van der Waals surface area contributed by atoms with Gasteiger partial charge in [0.2, 0.25) is 0 Å². The molecule has 0 spiro atoms. The lowest BCUT2D eigenvalue weighted by molar-refractivity contribution is -0.398. The van der Waals surface area contributed by atoms with Gasteiger partial charge < -0.3 is 5.11 Å². The van der Waals surface area contributed by atoms with Crippen LogP contribution >= 0.6 is 11.3 Å². The van der Waals surface area contributed by atoms with E-state index in [1.807, 2.05) is 0 Å². The standard InChI is InChI=1S/C21H21N5O5S/c1-11-3-5-14-17(7-11)32-20-18(14)21(29)25(10-22-20)12(2)19(28)24-23-9-13-4-6-16(27)15(8-13)26(30)31/h4,6,8-12,27H,3,5,7H2,1-2H3,(H,24,28)/p-1/b23-9-/t11-,12+/m1/s1. The Balaban J connectivity index is 1.54. The summed E-state index contributed by atoms with van der Waals surface area (Å²) in [5, 5.41) is 26.7. The molecule has 0 aliphatic heterocycles. The number of hydrazone groups is 1. The number of hydrogen-bond acceptors (Lipinski definition) is 8. The molecule has 2 heterocycles. The van der Waals surface area contributed by atoms with E-state index in [9.17, 15) is 24.8 Å². The molecular formula is C21H20N5O5S-. The summed E-state index contributed by atoms with van der Waals surface area (Å²) < 4.78 is 1.29. The summed E-state index contributed by atoms with van der Waals surface area (Å²) >= 11 is 1.54. The van der Waals surface area contributed by atoms with E-state index in [1.165, 1.54) is 28.1 Å². The molecule has 0 saturated carbocycles. The molecule has 1 aliphatic rings. The Morgan fingerprint density at radius 2 is 2.25 bits per heavy atom. The number of carbonyl (C=O) groups excluding carboxylic acids is 1. The van der Waals surface area contributed by atoms with Crippen LogP contribution in [0.5, 0.6) is 5.75 Å². The van der Waals surface area contributed by atoms with Crippen molar-refractivity contribution in [2.45, 2.75) is 39.2 Å². The molecule has 1 amide bonds. The number of nitrogens with zero attached hydrogens (tertiary/aromatic N) is 4. The minimum absolute atomic E-state index is 0.254. The molecule has 4 rings (SSSR count). The van der Waals surface area contributed by atoms with Gasteiger partial charge in [-0.1, -0.05) is 19.1 Å². The number of nitro benzene ring substituents is 1. The number of benzene rings is 1. The molecule has 1 aliphatic carbocycles. The molecule has 0 radical (unpaired) electrons. The van der Waals surface area contributed by atoms with Crippen LogP contribution in [0.4, 0.5) is 5.69 Å². The highest BCUT2D eigenvalue weighted by molar-refractivity contribution is 7.18. The Morgan fingerprint density at radius 3 is 3.00 bits per heavy atom. The fourth-order valence-corrected chi connectivity index (χ4v) is 5.11. The summed E-state index contributed by atoms with van der Waals surface area (Å²) in [6, 6.07) is 2.63. The van der Waals surface area contributed by atoms with Crippen molar-refractivity contribution in [3.8, 4) is 5.75 Å². The monoisotopic (exact) mass is 454 g/mol. The molecule has 32 heavy (non-hydrogen) atoms. The first-order valence-electron chi connectivity index (χ1n) is 10.1. The molecule has 2 atom stereocenters. The van der Waals surface area contributed by atoms with Crippen molar-refractivity contribution in [3.05, 3.63) is 61.0 Å². The molecule has 11 heteroatoms. The summed E-state index contributed by atoms with van der Waals surface area (Å²) in [7, 11) is 0. The van der Waals surface area contributed by atoms with Crippen LogP contribution < -0.4 is 16.1 Å². The van der Waals surface area contributed by atoms with Crippen LogP contribution in [-0.2, 0) is 17.6 Å². The van der Waals surface area contributed by atoms with E-state index < -0.39 is 28.3 Å². The molecule has 0 bridgehead atoms. The van der Waals surface area contributed by atoms with E-state index in [4.69, 9.17) is 0 Å². The van der Waals surface area contributed by atoms with Gasteiger partial charge in [0.05, 0.1) is 22.9 Å². The number of hydrogen-bond donors (Lipinski definition) is 1. The van der Waals surface area contributed by atoms with Crippen LogP contribution in [0.15, 0.2) is 34.4 Å². The number of aryl methyl sites for hydroxylation is 1. The maximum Gasteiger partial charge on any atom is 0.263 e. The maximum atomic E-state index is 13.1. The van der Waals surface area contributed by atoms with Crippen molar-refractivity contribution in [3.63, 3.8) is 0 Å². The molecule has 3 aromatic rings. The lowest BCUT2D eigenvalue weighted by Gasteiger charge is -2.18. The zero-order chi connectivity index (χ0) is 23.0. The van der Waals surface area contributed by atoms with Crippen molar-refractivity contribution in [1.29, 1.82) is 0 Å². The SMILES string of the molecule is C[C@@H]1CCc2c(sc3ncn([C@@H](C)C(=O)N/N=C\c4ccc([O-])c([N+](=O)[O-])c4)c(=O)c23)C1. The average Bonchev–Trinajstić information content (AvgIpc) is 3.12. The first kappa shape index (κ1) is 21.6. The number of aromatic nitrogens is 2. The van der Waals surface area contributed by atoms with Gasteiger partial charge in [0.25, 0.3) is 17.2 Å². The van der Waals surface area contributed by atoms with Gasteiger partial charge in [-0.3, -0.25) is 24.3 Å². The normalized spacial score (nSPS) is 16.8. The molecule has 1 aromatic carbocycles. The zero-order valence-electron chi connectivity index (χ0n) is 17.4. The maximum absolute atomic E-state index is 13.1. The highest BCUT2D eigenvalue weighted by Crippen LogP contribution is 2.35. The second-order valence-corrected chi connectivity index (χ2v) is 8.97. The highest BCUT2D eigenvalue weighted by Gasteiger charge is 2.25. The molecular weight excluding hydrogens is 434 g/mol. The quantitative estimate of drug-likeness (QED) is 0.356. The minimum atomic E-state index is -0.868. The van der Waals surface area contributed by atoms with E-state index in [0.29, 0.717) is 16.1 Å². The summed E-state index contributed by atoms with van der Waals surface area (Å²) in [4.78, 5) is 42.1. The van der Waals surface area contributed by atoms with Crippen LogP contribution in [0.2, 0.25) is 0 Å². The minimum Gasteiger partial charge on any atom is -0.868 e. The number of carbonyl (C=O) groups is 1. The van der Waals surface area contributed by atoms with Crippen molar-refractivity contribution in [2.75, 3.05) is 0 Å². The molecule has 10 nitrogen and oxygen atoms in total. The fourth-order valence-electron chi connectivity index (χ4n) is 3.77. The molecule has 2 aromatic heterocycles. The van der Waals surface area contributed by atoms with Gasteiger partial charge in [-0.15, -0.1) is 11.3 Å². The number of thiophene rings is 1. The first-order valence-corrected chi connectivity index (χ1v) is 10.9. The van der Waals surface area contributed by atoms with Gasteiger partial charge in [0.1, 0.15) is 10.9 Å². The third kappa shape index (κ3) is 3.98. The third-order valence-electron chi connectivity index (χ3n) is 5.61. The molecule has 166 valence electrons. The average molecular weight is 454 g/mol. The second kappa shape index (κ2) is 8.50. The number of nitrogens with one attached hydrogen (secondary N) is 1. The molecule has 1 N–H and O–H groups in total. The molecule has 0 saturated heterocycles. The summed E-state index contributed by atoms with van der Waals surface area (Å²) in [5.41, 5.74) is 2.82. The lowest BCUT2D eigenvalue weighted by atomic mass is 9.89. The van der Waals surface area contributed by atoms with Gasteiger partial charge in [0, 0.05) is 16.5 Å². The van der Waals surface area contributed by atoms with Crippen LogP contribution in [0.1, 0.15) is 42.3 Å². The Hall–Kier alpha value is -3.60. The zero-order valence-corrected chi connectivity index (χ0v) is 18.2. The highest BCUT2D eigenvalue weighted by atomic mass is 32.1. The Labute approximate surface area is 186 Å². The number of fused-ring (bicyclic) bond motifs is 3. The van der Waals surface area contributed by atoms with E-state index in [1.54, 1.807) is 18.3 Å². The van der Waals surface area contributed by atoms with Crippen molar-refractivity contribution < 1.29 is 14.8 Å². The summed E-state index contributed by atoms with van der Waals surface area (Å²) in [6.45, 7) is 3.76. The van der Waals surface area contributed by atoms with Crippen LogP contribution in [-0.4, -0.2) is 26.6 Å². The molecule has 0 unspecified atom stereocenters. The van der Waals surface area contributed by atoms with E-state index in [-0.39, 0.29) is 11.1 Å². The smallest absolute Gasteiger partial charge is 0.263 e. The summed E-state index contributed by atoms with van der Waals surface area (Å²) in [6.07, 6.45) is 5.35. The summed E-state index contributed by atoms with van der Waals surface area (Å²) in [5.74, 6) is -0.680. The van der Waals surface area contributed by atoms with Gasteiger partial charge in [-0.25, -0.2) is 10.4 Å². The Morgan fingerprint density at radius 1 is 1.47 bits per heavy atom. The predicted molar refractivity (Wildman–Crippen MR) is 118 cm³/mol. The van der Waals surface area contributed by atoms with Crippen molar-refractivity contribution in [1.82, 2.24) is 15.0 Å². The first-order chi connectivity index (χ1) is 15.3. The van der Waals surface area contributed by atoms with E-state index >= 15 is 0 Å². The number of rotatable bonds is 5. The van der Waals surface area contributed by atoms with Crippen LogP contribution in [0.3, 0.4) is 0 Å².